The molecular weight excluding hydrogens is 356 g/mol. The molecular formula is C18H17BrN2O2. The summed E-state index contributed by atoms with van der Waals surface area (Å²) in [5.41, 5.74) is 1.54. The predicted octanol–water partition coefficient (Wildman–Crippen LogP) is 3.31. The second kappa shape index (κ2) is 7.74. The fourth-order valence-corrected chi connectivity index (χ4v) is 2.36. The number of hydrogen-bond donors (Lipinski definition) is 1. The van der Waals surface area contributed by atoms with Gasteiger partial charge in [-0.3, -0.25) is 9.59 Å². The lowest BCUT2D eigenvalue weighted by Crippen LogP contribution is -2.34. The second-order valence-electron chi connectivity index (χ2n) is 5.13. The van der Waals surface area contributed by atoms with Crippen LogP contribution in [0.2, 0.25) is 0 Å². The summed E-state index contributed by atoms with van der Waals surface area (Å²) in [5, 5.41) is 2.70. The van der Waals surface area contributed by atoms with Crippen LogP contribution in [0.5, 0.6) is 0 Å². The molecule has 0 atom stereocenters. The highest BCUT2D eigenvalue weighted by molar-refractivity contribution is 9.10. The molecule has 0 spiro atoms. The normalized spacial score (nSPS) is 11.0. The van der Waals surface area contributed by atoms with E-state index in [1.807, 2.05) is 30.3 Å². The molecule has 23 heavy (non-hydrogen) atoms. The van der Waals surface area contributed by atoms with Gasteiger partial charge in [0.15, 0.2) is 0 Å². The first-order valence-corrected chi connectivity index (χ1v) is 7.82. The van der Waals surface area contributed by atoms with E-state index in [0.29, 0.717) is 5.56 Å². The Kier molecular flexibility index (Phi) is 5.71. The van der Waals surface area contributed by atoms with Gasteiger partial charge in [0.1, 0.15) is 5.70 Å². The molecule has 1 N–H and O–H groups in total. The van der Waals surface area contributed by atoms with Crippen molar-refractivity contribution in [1.29, 1.82) is 0 Å². The number of nitrogens with zero attached hydrogens (tertiary/aromatic N) is 1. The van der Waals surface area contributed by atoms with Gasteiger partial charge in [0, 0.05) is 24.1 Å². The van der Waals surface area contributed by atoms with Crippen LogP contribution in [0.4, 0.5) is 0 Å². The van der Waals surface area contributed by atoms with Crippen LogP contribution in [0.1, 0.15) is 15.9 Å². The first-order valence-electron chi connectivity index (χ1n) is 7.02. The van der Waals surface area contributed by atoms with Gasteiger partial charge in [0.05, 0.1) is 0 Å². The molecule has 0 aromatic heterocycles. The van der Waals surface area contributed by atoms with Crippen LogP contribution in [-0.2, 0) is 4.79 Å². The Balaban J connectivity index is 2.31. The van der Waals surface area contributed by atoms with E-state index < -0.39 is 0 Å². The predicted molar refractivity (Wildman–Crippen MR) is 94.7 cm³/mol. The maximum absolute atomic E-state index is 12.3. The fourth-order valence-electron chi connectivity index (χ4n) is 1.94. The average Bonchev–Trinajstić information content (AvgIpc) is 2.54. The number of halogens is 1. The van der Waals surface area contributed by atoms with Crippen molar-refractivity contribution in [2.75, 3.05) is 14.1 Å². The van der Waals surface area contributed by atoms with Crippen LogP contribution in [-0.4, -0.2) is 30.8 Å². The molecule has 2 aromatic rings. The number of carbonyl (C=O) groups is 2. The molecule has 0 saturated heterocycles. The quantitative estimate of drug-likeness (QED) is 0.836. The molecule has 2 amide bonds. The zero-order chi connectivity index (χ0) is 16.8. The summed E-state index contributed by atoms with van der Waals surface area (Å²) in [6, 6.07) is 16.3. The monoisotopic (exact) mass is 372 g/mol. The molecule has 0 bridgehead atoms. The van der Waals surface area contributed by atoms with E-state index in [0.717, 1.165) is 10.0 Å². The molecule has 0 unspecified atom stereocenters. The Morgan fingerprint density at radius 2 is 1.74 bits per heavy atom. The summed E-state index contributed by atoms with van der Waals surface area (Å²) in [5.74, 6) is -0.587. The lowest BCUT2D eigenvalue weighted by Gasteiger charge is -2.15. The van der Waals surface area contributed by atoms with E-state index in [1.54, 1.807) is 44.4 Å². The molecule has 5 heteroatoms. The van der Waals surface area contributed by atoms with Gasteiger partial charge < -0.3 is 10.2 Å². The van der Waals surface area contributed by atoms with Gasteiger partial charge in [-0.15, -0.1) is 0 Å². The highest BCUT2D eigenvalue weighted by Gasteiger charge is 2.16. The van der Waals surface area contributed by atoms with Gasteiger partial charge in [0.2, 0.25) is 0 Å². The van der Waals surface area contributed by atoms with Crippen LogP contribution in [0.15, 0.2) is 64.8 Å². The molecule has 0 heterocycles. The van der Waals surface area contributed by atoms with Crippen molar-refractivity contribution in [3.05, 3.63) is 75.9 Å². The maximum atomic E-state index is 12.3. The number of benzene rings is 2. The summed E-state index contributed by atoms with van der Waals surface area (Å²) in [6.07, 6.45) is 1.66. The molecule has 4 nitrogen and oxygen atoms in total. The van der Waals surface area contributed by atoms with Gasteiger partial charge in [-0.25, -0.2) is 0 Å². The molecule has 0 saturated carbocycles. The van der Waals surface area contributed by atoms with Gasteiger partial charge in [0.25, 0.3) is 11.8 Å². The van der Waals surface area contributed by atoms with E-state index in [-0.39, 0.29) is 17.5 Å². The minimum Gasteiger partial charge on any atom is -0.344 e. The summed E-state index contributed by atoms with van der Waals surface area (Å²) >= 11 is 3.39. The molecule has 0 fully saturated rings. The van der Waals surface area contributed by atoms with E-state index in [4.69, 9.17) is 0 Å². The molecule has 0 aliphatic heterocycles. The van der Waals surface area contributed by atoms with Gasteiger partial charge >= 0.3 is 0 Å². The smallest absolute Gasteiger partial charge is 0.269 e. The highest BCUT2D eigenvalue weighted by Crippen LogP contribution is 2.15. The highest BCUT2D eigenvalue weighted by atomic mass is 79.9. The Hall–Kier alpha value is -2.40. The van der Waals surface area contributed by atoms with Crippen LogP contribution in [0.3, 0.4) is 0 Å². The van der Waals surface area contributed by atoms with Crippen LogP contribution in [0, 0.1) is 0 Å². The van der Waals surface area contributed by atoms with Crippen molar-refractivity contribution in [2.24, 2.45) is 0 Å². The Labute approximate surface area is 143 Å². The van der Waals surface area contributed by atoms with Crippen molar-refractivity contribution in [3.8, 4) is 0 Å². The van der Waals surface area contributed by atoms with E-state index in [9.17, 15) is 9.59 Å². The maximum Gasteiger partial charge on any atom is 0.269 e. The standard InChI is InChI=1S/C18H17BrN2O2/c1-21(2)18(23)16(12-13-7-6-10-15(19)11-13)20-17(22)14-8-4-3-5-9-14/h3-12H,1-2H3,(H,20,22). The van der Waals surface area contributed by atoms with Crippen molar-refractivity contribution in [1.82, 2.24) is 10.2 Å². The fraction of sp³-hybridized carbons (Fsp3) is 0.111. The molecule has 118 valence electrons. The SMILES string of the molecule is CN(C)C(=O)C(=Cc1cccc(Br)c1)NC(=O)c1ccccc1. The second-order valence-corrected chi connectivity index (χ2v) is 6.05. The molecule has 0 aliphatic carbocycles. The Morgan fingerprint density at radius 3 is 2.35 bits per heavy atom. The van der Waals surface area contributed by atoms with Crippen molar-refractivity contribution in [3.63, 3.8) is 0 Å². The van der Waals surface area contributed by atoms with E-state index >= 15 is 0 Å². The third kappa shape index (κ3) is 4.79. The largest absolute Gasteiger partial charge is 0.344 e. The third-order valence-corrected chi connectivity index (χ3v) is 3.57. The number of nitrogens with one attached hydrogen (secondary N) is 1. The number of hydrogen-bond acceptors (Lipinski definition) is 2. The lowest BCUT2D eigenvalue weighted by atomic mass is 10.1. The molecule has 2 aromatic carbocycles. The third-order valence-electron chi connectivity index (χ3n) is 3.08. The van der Waals surface area contributed by atoms with Crippen LogP contribution < -0.4 is 5.32 Å². The number of carbonyl (C=O) groups excluding carboxylic acids is 2. The molecule has 0 aliphatic rings. The summed E-state index contributed by atoms with van der Waals surface area (Å²) in [7, 11) is 3.29. The average molecular weight is 373 g/mol. The molecule has 0 radical (unpaired) electrons. The first kappa shape index (κ1) is 17.0. The zero-order valence-electron chi connectivity index (χ0n) is 12.9. The number of likely N-dealkylation sites (N-methyl/N-ethyl adjacent to an activating group) is 1. The van der Waals surface area contributed by atoms with E-state index in [1.165, 1.54) is 4.90 Å². The topological polar surface area (TPSA) is 49.4 Å². The van der Waals surface area contributed by atoms with Crippen LogP contribution in [0.25, 0.3) is 6.08 Å². The first-order chi connectivity index (χ1) is 11.0. The number of amides is 2. The minimum absolute atomic E-state index is 0.224. The Morgan fingerprint density at radius 1 is 1.04 bits per heavy atom. The van der Waals surface area contributed by atoms with Gasteiger partial charge in [-0.1, -0.05) is 46.3 Å². The zero-order valence-corrected chi connectivity index (χ0v) is 14.5. The minimum atomic E-state index is -0.318. The summed E-state index contributed by atoms with van der Waals surface area (Å²) in [6.45, 7) is 0. The van der Waals surface area contributed by atoms with Crippen LogP contribution >= 0.6 is 15.9 Å². The lowest BCUT2D eigenvalue weighted by molar-refractivity contribution is -0.124. The van der Waals surface area contributed by atoms with Crippen molar-refractivity contribution < 1.29 is 9.59 Å². The molecule has 2 rings (SSSR count). The number of rotatable bonds is 4. The van der Waals surface area contributed by atoms with Gasteiger partial charge in [-0.05, 0) is 35.9 Å². The summed E-state index contributed by atoms with van der Waals surface area (Å²) in [4.78, 5) is 26.1. The Bertz CT molecular complexity index is 740. The van der Waals surface area contributed by atoms with Crippen molar-refractivity contribution in [2.45, 2.75) is 0 Å². The summed E-state index contributed by atoms with van der Waals surface area (Å²) < 4.78 is 0.900. The van der Waals surface area contributed by atoms with Crippen molar-refractivity contribution >= 4 is 33.8 Å². The van der Waals surface area contributed by atoms with Gasteiger partial charge in [-0.2, -0.15) is 0 Å². The van der Waals surface area contributed by atoms with E-state index in [2.05, 4.69) is 21.2 Å².